The molecule has 0 saturated heterocycles. The van der Waals surface area contributed by atoms with Crippen molar-refractivity contribution in [1.29, 1.82) is 0 Å². The van der Waals surface area contributed by atoms with Crippen LogP contribution >= 0.6 is 0 Å². The van der Waals surface area contributed by atoms with Crippen LogP contribution in [0.5, 0.6) is 0 Å². The van der Waals surface area contributed by atoms with Gasteiger partial charge in [0.15, 0.2) is 5.96 Å². The molecular weight excluding hydrogens is 356 g/mol. The molecule has 0 spiro atoms. The highest BCUT2D eigenvalue weighted by atomic mass is 16.6. The molecule has 1 aromatic rings. The van der Waals surface area contributed by atoms with Gasteiger partial charge in [-0.1, -0.05) is 24.3 Å². The minimum atomic E-state index is -0.494. The SMILES string of the molecule is CN=C(NCc1ccc(CN(C)C(=O)OC(C)(C)C)cc1)NCC(C)(C)OC. The Hall–Kier alpha value is -2.28. The first-order valence-corrected chi connectivity index (χ1v) is 9.47. The van der Waals surface area contributed by atoms with Crippen LogP contribution in [0.2, 0.25) is 0 Å². The van der Waals surface area contributed by atoms with Gasteiger partial charge < -0.3 is 25.0 Å². The van der Waals surface area contributed by atoms with Gasteiger partial charge in [-0.2, -0.15) is 0 Å². The van der Waals surface area contributed by atoms with Gasteiger partial charge in [0.25, 0.3) is 0 Å². The first-order valence-electron chi connectivity index (χ1n) is 9.47. The largest absolute Gasteiger partial charge is 0.444 e. The van der Waals surface area contributed by atoms with Crippen LogP contribution in [0.3, 0.4) is 0 Å². The molecule has 0 aliphatic carbocycles. The third-order valence-electron chi connectivity index (χ3n) is 4.07. The Labute approximate surface area is 169 Å². The molecule has 0 aromatic heterocycles. The molecule has 0 unspecified atom stereocenters. The van der Waals surface area contributed by atoms with Gasteiger partial charge in [-0.15, -0.1) is 0 Å². The van der Waals surface area contributed by atoms with Crippen LogP contribution in [0.25, 0.3) is 0 Å². The van der Waals surface area contributed by atoms with E-state index in [-0.39, 0.29) is 11.7 Å². The van der Waals surface area contributed by atoms with Crippen molar-refractivity contribution in [3.05, 3.63) is 35.4 Å². The second-order valence-electron chi connectivity index (χ2n) is 8.40. The fraction of sp³-hybridized carbons (Fsp3) is 0.619. The van der Waals surface area contributed by atoms with Crippen LogP contribution in [0.4, 0.5) is 4.79 Å². The van der Waals surface area contributed by atoms with E-state index in [1.165, 1.54) is 0 Å². The number of rotatable bonds is 7. The lowest BCUT2D eigenvalue weighted by atomic mass is 10.1. The molecule has 0 saturated carbocycles. The van der Waals surface area contributed by atoms with E-state index in [2.05, 4.69) is 15.6 Å². The number of methoxy groups -OCH3 is 1. The Bertz CT molecular complexity index is 649. The molecule has 0 bridgehead atoms. The molecule has 28 heavy (non-hydrogen) atoms. The van der Waals surface area contributed by atoms with Crippen LogP contribution in [0.15, 0.2) is 29.3 Å². The van der Waals surface area contributed by atoms with Crippen molar-refractivity contribution in [2.75, 3.05) is 27.7 Å². The summed E-state index contributed by atoms with van der Waals surface area (Å²) in [7, 11) is 5.17. The van der Waals surface area contributed by atoms with E-state index in [9.17, 15) is 4.79 Å². The standard InChI is InChI=1S/C21H36N4O3/c1-20(2,3)28-19(26)25(7)14-17-11-9-16(10-12-17)13-23-18(22-6)24-15-21(4,5)27-8/h9-12H,13-15H2,1-8H3,(H2,22,23,24). The van der Waals surface area contributed by atoms with Gasteiger partial charge in [0, 0.05) is 40.8 Å². The van der Waals surface area contributed by atoms with Crippen molar-refractivity contribution in [3.8, 4) is 0 Å². The molecule has 2 N–H and O–H groups in total. The summed E-state index contributed by atoms with van der Waals surface area (Å²) in [5.41, 5.74) is 1.41. The van der Waals surface area contributed by atoms with Gasteiger partial charge in [-0.05, 0) is 45.7 Å². The zero-order valence-electron chi connectivity index (χ0n) is 18.5. The average Bonchev–Trinajstić information content (AvgIpc) is 2.61. The molecule has 0 fully saturated rings. The lowest BCUT2D eigenvalue weighted by Gasteiger charge is -2.25. The molecule has 158 valence electrons. The summed E-state index contributed by atoms with van der Waals surface area (Å²) in [5.74, 6) is 0.721. The summed E-state index contributed by atoms with van der Waals surface area (Å²) in [4.78, 5) is 17.9. The third kappa shape index (κ3) is 9.08. The van der Waals surface area contributed by atoms with Crippen molar-refractivity contribution < 1.29 is 14.3 Å². The number of ether oxygens (including phenoxy) is 2. The fourth-order valence-corrected chi connectivity index (χ4v) is 2.22. The summed E-state index contributed by atoms with van der Waals surface area (Å²) in [6, 6.07) is 8.11. The molecule has 0 aliphatic rings. The van der Waals surface area contributed by atoms with E-state index in [0.717, 1.165) is 17.1 Å². The Morgan fingerprint density at radius 3 is 2.14 bits per heavy atom. The number of hydrogen-bond donors (Lipinski definition) is 2. The molecule has 1 amide bonds. The summed E-state index contributed by atoms with van der Waals surface area (Å²) in [5, 5.41) is 6.54. The number of aliphatic imine (C=N–C) groups is 1. The Kier molecular flexibility index (Phi) is 8.75. The maximum atomic E-state index is 12.1. The van der Waals surface area contributed by atoms with Crippen molar-refractivity contribution in [2.24, 2.45) is 4.99 Å². The maximum Gasteiger partial charge on any atom is 0.410 e. The number of carbonyl (C=O) groups is 1. The molecule has 0 heterocycles. The van der Waals surface area contributed by atoms with Gasteiger partial charge in [0.05, 0.1) is 5.60 Å². The summed E-state index contributed by atoms with van der Waals surface area (Å²) < 4.78 is 10.8. The van der Waals surface area contributed by atoms with Gasteiger partial charge in [0.1, 0.15) is 5.60 Å². The Balaban J connectivity index is 2.53. The highest BCUT2D eigenvalue weighted by Gasteiger charge is 2.19. The smallest absolute Gasteiger partial charge is 0.410 e. The number of nitrogens with one attached hydrogen (secondary N) is 2. The van der Waals surface area contributed by atoms with E-state index in [1.807, 2.05) is 58.9 Å². The quantitative estimate of drug-likeness (QED) is 0.551. The van der Waals surface area contributed by atoms with Gasteiger partial charge in [-0.25, -0.2) is 4.79 Å². The van der Waals surface area contributed by atoms with Crippen LogP contribution in [0.1, 0.15) is 45.7 Å². The monoisotopic (exact) mass is 392 g/mol. The number of carbonyl (C=O) groups excluding carboxylic acids is 1. The fourth-order valence-electron chi connectivity index (χ4n) is 2.22. The van der Waals surface area contributed by atoms with Crippen molar-refractivity contribution in [1.82, 2.24) is 15.5 Å². The van der Waals surface area contributed by atoms with Crippen molar-refractivity contribution in [2.45, 2.75) is 58.9 Å². The number of guanidine groups is 1. The minimum Gasteiger partial charge on any atom is -0.444 e. The van der Waals surface area contributed by atoms with Crippen LogP contribution in [0, 0.1) is 0 Å². The zero-order chi connectivity index (χ0) is 21.4. The van der Waals surface area contributed by atoms with E-state index < -0.39 is 5.60 Å². The first kappa shape index (κ1) is 23.8. The molecule has 0 aliphatic heterocycles. The molecule has 1 rings (SSSR count). The molecule has 1 aromatic carbocycles. The van der Waals surface area contributed by atoms with Gasteiger partial charge >= 0.3 is 6.09 Å². The molecule has 0 atom stereocenters. The maximum absolute atomic E-state index is 12.1. The van der Waals surface area contributed by atoms with Gasteiger partial charge in [0.2, 0.25) is 0 Å². The molecule has 7 nitrogen and oxygen atoms in total. The molecular formula is C21H36N4O3. The highest BCUT2D eigenvalue weighted by Crippen LogP contribution is 2.12. The Morgan fingerprint density at radius 2 is 1.64 bits per heavy atom. The molecule has 0 radical (unpaired) electrons. The summed E-state index contributed by atoms with van der Waals surface area (Å²) >= 11 is 0. The third-order valence-corrected chi connectivity index (χ3v) is 4.07. The Morgan fingerprint density at radius 1 is 1.07 bits per heavy atom. The zero-order valence-corrected chi connectivity index (χ0v) is 18.5. The van der Waals surface area contributed by atoms with E-state index >= 15 is 0 Å². The van der Waals surface area contributed by atoms with Crippen LogP contribution in [-0.2, 0) is 22.6 Å². The van der Waals surface area contributed by atoms with Gasteiger partial charge in [-0.3, -0.25) is 4.99 Å². The number of nitrogens with zero attached hydrogens (tertiary/aromatic N) is 2. The number of amides is 1. The summed E-state index contributed by atoms with van der Waals surface area (Å²) in [6.45, 7) is 11.4. The topological polar surface area (TPSA) is 75.2 Å². The average molecular weight is 393 g/mol. The van der Waals surface area contributed by atoms with E-state index in [1.54, 1.807) is 26.1 Å². The van der Waals surface area contributed by atoms with Crippen molar-refractivity contribution in [3.63, 3.8) is 0 Å². The minimum absolute atomic E-state index is 0.264. The predicted molar refractivity (Wildman–Crippen MR) is 113 cm³/mol. The first-order chi connectivity index (χ1) is 13.0. The lowest BCUT2D eigenvalue weighted by molar-refractivity contribution is 0.0267. The highest BCUT2D eigenvalue weighted by molar-refractivity contribution is 5.79. The van der Waals surface area contributed by atoms with Crippen LogP contribution in [-0.4, -0.2) is 55.9 Å². The summed E-state index contributed by atoms with van der Waals surface area (Å²) in [6.07, 6.45) is -0.327. The number of benzene rings is 1. The van der Waals surface area contributed by atoms with Crippen LogP contribution < -0.4 is 10.6 Å². The molecule has 7 heteroatoms. The predicted octanol–water partition coefficient (Wildman–Crippen LogP) is 3.14. The van der Waals surface area contributed by atoms with E-state index in [4.69, 9.17) is 9.47 Å². The lowest BCUT2D eigenvalue weighted by Crippen LogP contribution is -2.45. The second-order valence-corrected chi connectivity index (χ2v) is 8.40. The number of hydrogen-bond acceptors (Lipinski definition) is 4. The van der Waals surface area contributed by atoms with Crippen molar-refractivity contribution >= 4 is 12.1 Å². The van der Waals surface area contributed by atoms with E-state index in [0.29, 0.717) is 19.6 Å². The second kappa shape index (κ2) is 10.3. The normalized spacial score (nSPS) is 12.5.